The van der Waals surface area contributed by atoms with Crippen LogP contribution in [-0.2, 0) is 0 Å². The van der Waals surface area contributed by atoms with Gasteiger partial charge in [-0.3, -0.25) is 0 Å². The highest BCUT2D eigenvalue weighted by Gasteiger charge is 2.25. The lowest BCUT2D eigenvalue weighted by Crippen LogP contribution is -2.19. The molecule has 1 nitrogen and oxygen atoms in total. The van der Waals surface area contributed by atoms with Crippen LogP contribution in [0.5, 0.6) is 0 Å². The van der Waals surface area contributed by atoms with Crippen molar-refractivity contribution in [3.05, 3.63) is 22.2 Å². The third-order valence-corrected chi connectivity index (χ3v) is 1.77. The van der Waals surface area contributed by atoms with Crippen LogP contribution in [0, 0.1) is 0 Å². The van der Waals surface area contributed by atoms with Gasteiger partial charge in [0.2, 0.25) is 0 Å². The lowest BCUT2D eigenvalue weighted by Gasteiger charge is -2.19. The van der Waals surface area contributed by atoms with Crippen LogP contribution in [-0.4, -0.2) is 10.2 Å². The van der Waals surface area contributed by atoms with Crippen molar-refractivity contribution in [3.63, 3.8) is 0 Å². The summed E-state index contributed by atoms with van der Waals surface area (Å²) in [6.07, 6.45) is 3.12. The molecule has 0 aromatic carbocycles. The predicted octanol–water partition coefficient (Wildman–Crippen LogP) is 2.56. The zero-order valence-electron chi connectivity index (χ0n) is 4.94. The fourth-order valence-corrected chi connectivity index (χ4v) is 1.82. The number of halogens is 3. The number of hydrogen-bond donors (Lipinski definition) is 1. The maximum atomic E-state index is 9.19. The maximum absolute atomic E-state index is 9.19. The molecule has 1 N–H and O–H groups in total. The average molecular weight is 199 g/mol. The maximum Gasteiger partial charge on any atom is 0.163 e. The van der Waals surface area contributed by atoms with Gasteiger partial charge in [-0.2, -0.15) is 0 Å². The molecule has 0 amide bonds. The van der Waals surface area contributed by atoms with Crippen molar-refractivity contribution in [3.8, 4) is 0 Å². The van der Waals surface area contributed by atoms with Crippen molar-refractivity contribution in [1.82, 2.24) is 0 Å². The molecular formula is C6H5Cl3O. The van der Waals surface area contributed by atoms with E-state index in [2.05, 4.69) is 0 Å². The van der Waals surface area contributed by atoms with E-state index in [1.807, 2.05) is 0 Å². The van der Waals surface area contributed by atoms with Crippen molar-refractivity contribution in [1.29, 1.82) is 0 Å². The van der Waals surface area contributed by atoms with Crippen LogP contribution in [0.15, 0.2) is 22.2 Å². The second kappa shape index (κ2) is 2.74. The summed E-state index contributed by atoms with van der Waals surface area (Å²) < 4.78 is 0. The first-order chi connectivity index (χ1) is 4.49. The molecule has 10 heavy (non-hydrogen) atoms. The molecule has 1 rings (SSSR count). The lowest BCUT2D eigenvalue weighted by molar-refractivity contribution is 0.180. The quantitative estimate of drug-likeness (QED) is 0.595. The van der Waals surface area contributed by atoms with Gasteiger partial charge >= 0.3 is 0 Å². The van der Waals surface area contributed by atoms with Crippen LogP contribution >= 0.6 is 34.8 Å². The first-order valence-electron chi connectivity index (χ1n) is 2.65. The summed E-state index contributed by atoms with van der Waals surface area (Å²) in [5, 5.41) is 8.63. The van der Waals surface area contributed by atoms with E-state index >= 15 is 0 Å². The molecule has 0 fully saturated rings. The van der Waals surface area contributed by atoms with E-state index in [0.717, 1.165) is 0 Å². The lowest BCUT2D eigenvalue weighted by atomic mass is 10.1. The molecule has 4 heteroatoms. The first-order valence-corrected chi connectivity index (χ1v) is 3.79. The smallest absolute Gasteiger partial charge is 0.163 e. The summed E-state index contributed by atoms with van der Waals surface area (Å²) in [6.45, 7) is 0. The summed E-state index contributed by atoms with van der Waals surface area (Å²) in [5.41, 5.74) is 0. The largest absolute Gasteiger partial charge is 0.371 e. The minimum absolute atomic E-state index is 0.215. The number of aliphatic hydroxyl groups is 1. The molecule has 1 aliphatic rings. The van der Waals surface area contributed by atoms with Crippen molar-refractivity contribution in [2.45, 2.75) is 11.5 Å². The Balaban J connectivity index is 2.88. The van der Waals surface area contributed by atoms with Crippen LogP contribution in [0.2, 0.25) is 0 Å². The van der Waals surface area contributed by atoms with Crippen LogP contribution < -0.4 is 0 Å². The molecule has 1 unspecified atom stereocenters. The molecule has 0 bridgehead atoms. The van der Waals surface area contributed by atoms with Crippen LogP contribution in [0.4, 0.5) is 0 Å². The van der Waals surface area contributed by atoms with Crippen molar-refractivity contribution in [2.75, 3.05) is 0 Å². The van der Waals surface area contributed by atoms with E-state index in [1.165, 1.54) is 6.08 Å². The number of alkyl halides is 1. The Labute approximate surface area is 73.9 Å². The van der Waals surface area contributed by atoms with E-state index in [1.54, 1.807) is 6.08 Å². The third kappa shape index (κ3) is 2.17. The Hall–Kier alpha value is 0.310. The van der Waals surface area contributed by atoms with Gasteiger partial charge in [0, 0.05) is 16.5 Å². The summed E-state index contributed by atoms with van der Waals surface area (Å²) in [5.74, 6) is 0. The van der Waals surface area contributed by atoms with E-state index < -0.39 is 5.06 Å². The monoisotopic (exact) mass is 198 g/mol. The van der Waals surface area contributed by atoms with Gasteiger partial charge in [0.25, 0.3) is 0 Å². The predicted molar refractivity (Wildman–Crippen MR) is 43.3 cm³/mol. The zero-order chi connectivity index (χ0) is 7.78. The van der Waals surface area contributed by atoms with Crippen LogP contribution in [0.25, 0.3) is 0 Å². The molecule has 0 aliphatic heterocycles. The molecule has 1 aliphatic carbocycles. The fourth-order valence-electron chi connectivity index (χ4n) is 0.741. The molecule has 0 saturated carbocycles. The van der Waals surface area contributed by atoms with Crippen LogP contribution in [0.3, 0.4) is 0 Å². The van der Waals surface area contributed by atoms with E-state index in [4.69, 9.17) is 34.8 Å². The SMILES string of the molecule is OC1(Cl)C=C(Cl)C=C(Cl)C1. The fraction of sp³-hybridized carbons (Fsp3) is 0.333. The molecule has 0 radical (unpaired) electrons. The third-order valence-electron chi connectivity index (χ3n) is 1.07. The Morgan fingerprint density at radius 3 is 2.50 bits per heavy atom. The van der Waals surface area contributed by atoms with Gasteiger partial charge < -0.3 is 5.11 Å². The van der Waals surface area contributed by atoms with Crippen LogP contribution in [0.1, 0.15) is 6.42 Å². The minimum Gasteiger partial charge on any atom is -0.371 e. The Bertz CT molecular complexity index is 205. The molecule has 1 atom stereocenters. The van der Waals surface area contributed by atoms with Gasteiger partial charge in [0.1, 0.15) is 0 Å². The molecule has 0 saturated heterocycles. The summed E-state index contributed by atoms with van der Waals surface area (Å²) in [6, 6.07) is 0. The summed E-state index contributed by atoms with van der Waals surface area (Å²) in [7, 11) is 0. The standard InChI is InChI=1S/C6H5Cl3O/c7-4-1-5(8)3-6(9,10)2-4/h1-2,10H,3H2. The van der Waals surface area contributed by atoms with Gasteiger partial charge in [0.05, 0.1) is 0 Å². The zero-order valence-corrected chi connectivity index (χ0v) is 7.21. The van der Waals surface area contributed by atoms with Crippen molar-refractivity contribution >= 4 is 34.8 Å². The van der Waals surface area contributed by atoms with Crippen molar-refractivity contribution in [2.24, 2.45) is 0 Å². The number of rotatable bonds is 0. The topological polar surface area (TPSA) is 20.2 Å². The minimum atomic E-state index is -1.40. The Morgan fingerprint density at radius 1 is 1.50 bits per heavy atom. The number of allylic oxidation sites excluding steroid dienone is 2. The Kier molecular flexibility index (Phi) is 2.31. The second-order valence-corrected chi connectivity index (χ2v) is 3.69. The molecule has 0 spiro atoms. The molecular weight excluding hydrogens is 194 g/mol. The highest BCUT2D eigenvalue weighted by atomic mass is 35.5. The van der Waals surface area contributed by atoms with Gasteiger partial charge in [0.15, 0.2) is 5.06 Å². The highest BCUT2D eigenvalue weighted by molar-refractivity contribution is 6.37. The normalized spacial score (nSPS) is 33.2. The van der Waals surface area contributed by atoms with E-state index in [0.29, 0.717) is 10.1 Å². The molecule has 56 valence electrons. The van der Waals surface area contributed by atoms with E-state index in [9.17, 15) is 5.11 Å². The number of hydrogen-bond acceptors (Lipinski definition) is 1. The Morgan fingerprint density at radius 2 is 2.10 bits per heavy atom. The van der Waals surface area contributed by atoms with Gasteiger partial charge in [-0.05, 0) is 12.2 Å². The average Bonchev–Trinajstić information content (AvgIpc) is 1.54. The summed E-state index contributed by atoms with van der Waals surface area (Å²) in [4.78, 5) is 0. The highest BCUT2D eigenvalue weighted by Crippen LogP contribution is 2.32. The van der Waals surface area contributed by atoms with Gasteiger partial charge in [-0.15, -0.1) is 0 Å². The molecule has 0 heterocycles. The van der Waals surface area contributed by atoms with Crippen molar-refractivity contribution < 1.29 is 5.11 Å². The van der Waals surface area contributed by atoms with Gasteiger partial charge in [-0.25, -0.2) is 0 Å². The summed E-state index contributed by atoms with van der Waals surface area (Å²) >= 11 is 16.7. The second-order valence-electron chi connectivity index (χ2n) is 2.12. The molecule has 0 aromatic heterocycles. The molecule has 0 aromatic rings. The first kappa shape index (κ1) is 8.41. The van der Waals surface area contributed by atoms with E-state index in [-0.39, 0.29) is 6.42 Å². The van der Waals surface area contributed by atoms with Gasteiger partial charge in [-0.1, -0.05) is 34.8 Å².